The molecule has 1 aliphatic rings. The van der Waals surface area contributed by atoms with Gasteiger partial charge in [0.2, 0.25) is 6.10 Å². The number of esters is 3. The van der Waals surface area contributed by atoms with Crippen LogP contribution in [0.1, 0.15) is 30.6 Å². The fourth-order valence-corrected chi connectivity index (χ4v) is 2.37. The molecule has 0 saturated carbocycles. The van der Waals surface area contributed by atoms with Gasteiger partial charge in [-0.15, -0.1) is 0 Å². The minimum atomic E-state index is -2.15. The van der Waals surface area contributed by atoms with E-state index in [0.29, 0.717) is 0 Å². The van der Waals surface area contributed by atoms with E-state index in [2.05, 4.69) is 0 Å². The van der Waals surface area contributed by atoms with Gasteiger partial charge in [0.15, 0.2) is 6.10 Å². The van der Waals surface area contributed by atoms with Crippen LogP contribution in [0.15, 0.2) is 42.5 Å². The molecule has 0 aliphatic heterocycles. The van der Waals surface area contributed by atoms with Crippen LogP contribution >= 0.6 is 0 Å². The average Bonchev–Trinajstić information content (AvgIpc) is 2.51. The van der Waals surface area contributed by atoms with Crippen molar-refractivity contribution in [1.29, 1.82) is 0 Å². The summed E-state index contributed by atoms with van der Waals surface area (Å²) in [6, 6.07) is 8.07. The second-order valence-electron chi connectivity index (χ2n) is 5.34. The highest BCUT2D eigenvalue weighted by Gasteiger charge is 2.50. The van der Waals surface area contributed by atoms with Crippen LogP contribution in [0.2, 0.25) is 0 Å². The molecule has 0 aromatic heterocycles. The molecule has 1 aliphatic carbocycles. The fourth-order valence-electron chi connectivity index (χ4n) is 2.37. The summed E-state index contributed by atoms with van der Waals surface area (Å²) in [6.07, 6.45) is 0.428. The third-order valence-corrected chi connectivity index (χ3v) is 3.35. The number of carbonyl (C=O) groups excluding carboxylic acids is 3. The van der Waals surface area contributed by atoms with Gasteiger partial charge in [-0.25, -0.2) is 4.79 Å². The first-order valence-electron chi connectivity index (χ1n) is 7.34. The molecule has 1 aromatic rings. The molecule has 128 valence electrons. The molecule has 24 heavy (non-hydrogen) atoms. The van der Waals surface area contributed by atoms with Crippen molar-refractivity contribution in [3.8, 4) is 0 Å². The Kier molecular flexibility index (Phi) is 5.35. The van der Waals surface area contributed by atoms with Crippen molar-refractivity contribution in [3.63, 3.8) is 0 Å². The smallest absolute Gasteiger partial charge is 0.340 e. The van der Waals surface area contributed by atoms with E-state index in [4.69, 9.17) is 14.2 Å². The zero-order valence-electron chi connectivity index (χ0n) is 13.3. The number of aliphatic hydroxyl groups is 1. The van der Waals surface area contributed by atoms with Crippen LogP contribution in [-0.2, 0) is 23.8 Å². The van der Waals surface area contributed by atoms with Crippen LogP contribution in [0, 0.1) is 0 Å². The van der Waals surface area contributed by atoms with E-state index in [0.717, 1.165) is 6.92 Å². The molecular weight excluding hydrogens is 316 g/mol. The van der Waals surface area contributed by atoms with Crippen molar-refractivity contribution in [2.45, 2.75) is 38.3 Å². The summed E-state index contributed by atoms with van der Waals surface area (Å²) in [5.74, 6) is -4.26. The zero-order chi connectivity index (χ0) is 17.7. The van der Waals surface area contributed by atoms with E-state index in [1.807, 2.05) is 0 Å². The molecule has 7 heteroatoms. The van der Waals surface area contributed by atoms with Gasteiger partial charge in [0, 0.05) is 20.3 Å². The van der Waals surface area contributed by atoms with Crippen molar-refractivity contribution in [2.75, 3.05) is 0 Å². The minimum absolute atomic E-state index is 0.110. The summed E-state index contributed by atoms with van der Waals surface area (Å²) in [7, 11) is 0. The number of carbonyl (C=O) groups is 3. The second kappa shape index (κ2) is 7.27. The van der Waals surface area contributed by atoms with Gasteiger partial charge in [-0.05, 0) is 18.2 Å². The molecule has 7 nitrogen and oxygen atoms in total. The fraction of sp³-hybridized carbons (Fsp3) is 0.353. The lowest BCUT2D eigenvalue weighted by Crippen LogP contribution is -2.56. The highest BCUT2D eigenvalue weighted by molar-refractivity contribution is 5.89. The van der Waals surface area contributed by atoms with Gasteiger partial charge in [0.05, 0.1) is 5.56 Å². The Morgan fingerprint density at radius 3 is 2.29 bits per heavy atom. The number of hydrogen-bond donors (Lipinski definition) is 1. The van der Waals surface area contributed by atoms with Crippen LogP contribution in [0.25, 0.3) is 0 Å². The molecule has 0 amide bonds. The van der Waals surface area contributed by atoms with Crippen LogP contribution in [0.4, 0.5) is 0 Å². The highest BCUT2D eigenvalue weighted by Crippen LogP contribution is 2.31. The summed E-state index contributed by atoms with van der Waals surface area (Å²) in [6.45, 7) is 2.32. The topological polar surface area (TPSA) is 99.1 Å². The zero-order valence-corrected chi connectivity index (χ0v) is 13.3. The maximum atomic E-state index is 12.2. The second-order valence-corrected chi connectivity index (χ2v) is 5.34. The Balaban J connectivity index is 2.26. The molecule has 1 N–H and O–H groups in total. The molecule has 1 aromatic carbocycles. The lowest BCUT2D eigenvalue weighted by atomic mass is 9.94. The third kappa shape index (κ3) is 4.20. The standard InChI is InChI=1S/C17H18O7/c1-11(18)22-14-9-6-10-17(21,15(14)23-12(2)19)24-16(20)13-7-4-3-5-8-13/h3-9,14-15,21H,10H2,1-2H3. The SMILES string of the molecule is CC(=O)OC1C=CCC(O)(OC(=O)c2ccccc2)C1OC(C)=O. The van der Waals surface area contributed by atoms with E-state index in [1.54, 1.807) is 18.2 Å². The van der Waals surface area contributed by atoms with E-state index in [9.17, 15) is 19.5 Å². The highest BCUT2D eigenvalue weighted by atomic mass is 16.7. The Morgan fingerprint density at radius 1 is 1.08 bits per heavy atom. The maximum absolute atomic E-state index is 12.2. The molecular formula is C17H18O7. The first-order chi connectivity index (χ1) is 11.3. The predicted molar refractivity (Wildman–Crippen MR) is 81.7 cm³/mol. The molecule has 0 radical (unpaired) electrons. The van der Waals surface area contributed by atoms with Crippen molar-refractivity contribution in [1.82, 2.24) is 0 Å². The van der Waals surface area contributed by atoms with Gasteiger partial charge in [-0.1, -0.05) is 24.3 Å². The Bertz CT molecular complexity index is 652. The Morgan fingerprint density at radius 2 is 1.71 bits per heavy atom. The largest absolute Gasteiger partial charge is 0.454 e. The molecule has 0 saturated heterocycles. The van der Waals surface area contributed by atoms with Crippen molar-refractivity contribution in [3.05, 3.63) is 48.0 Å². The maximum Gasteiger partial charge on any atom is 0.340 e. The molecule has 3 atom stereocenters. The van der Waals surface area contributed by atoms with Gasteiger partial charge in [0.25, 0.3) is 5.79 Å². The third-order valence-electron chi connectivity index (χ3n) is 3.35. The number of hydrogen-bond acceptors (Lipinski definition) is 7. The molecule has 2 rings (SSSR count). The van der Waals surface area contributed by atoms with E-state index in [-0.39, 0.29) is 12.0 Å². The van der Waals surface area contributed by atoms with Gasteiger partial charge >= 0.3 is 17.9 Å². The predicted octanol–water partition coefficient (Wildman–Crippen LogP) is 1.36. The number of ether oxygens (including phenoxy) is 3. The van der Waals surface area contributed by atoms with Crippen molar-refractivity contribution < 1.29 is 33.7 Å². The van der Waals surface area contributed by atoms with Gasteiger partial charge in [0.1, 0.15) is 0 Å². The first kappa shape index (κ1) is 17.7. The minimum Gasteiger partial charge on any atom is -0.454 e. The lowest BCUT2D eigenvalue weighted by molar-refractivity contribution is -0.253. The van der Waals surface area contributed by atoms with E-state index < -0.39 is 35.9 Å². The summed E-state index contributed by atoms with van der Waals surface area (Å²) >= 11 is 0. The van der Waals surface area contributed by atoms with Gasteiger partial charge < -0.3 is 19.3 Å². The Labute approximate surface area is 138 Å². The van der Waals surface area contributed by atoms with Crippen molar-refractivity contribution in [2.24, 2.45) is 0 Å². The summed E-state index contributed by atoms with van der Waals surface area (Å²) in [4.78, 5) is 34.8. The van der Waals surface area contributed by atoms with E-state index in [1.165, 1.54) is 31.2 Å². The molecule has 0 fully saturated rings. The average molecular weight is 334 g/mol. The molecule has 0 bridgehead atoms. The van der Waals surface area contributed by atoms with Crippen LogP contribution < -0.4 is 0 Å². The summed E-state index contributed by atoms with van der Waals surface area (Å²) in [5, 5.41) is 10.7. The quantitative estimate of drug-likeness (QED) is 0.384. The normalized spacial score (nSPS) is 25.6. The summed E-state index contributed by atoms with van der Waals surface area (Å²) < 4.78 is 15.3. The summed E-state index contributed by atoms with van der Waals surface area (Å²) in [5.41, 5.74) is 0.228. The molecule has 0 spiro atoms. The van der Waals surface area contributed by atoms with E-state index >= 15 is 0 Å². The molecule has 0 heterocycles. The first-order valence-corrected chi connectivity index (χ1v) is 7.34. The van der Waals surface area contributed by atoms with Crippen LogP contribution in [0.3, 0.4) is 0 Å². The lowest BCUT2D eigenvalue weighted by Gasteiger charge is -2.39. The van der Waals surface area contributed by atoms with Gasteiger partial charge in [-0.2, -0.15) is 0 Å². The monoisotopic (exact) mass is 334 g/mol. The number of benzene rings is 1. The van der Waals surface area contributed by atoms with Crippen LogP contribution in [0.5, 0.6) is 0 Å². The molecule has 3 unspecified atom stereocenters. The van der Waals surface area contributed by atoms with Crippen LogP contribution in [-0.4, -0.2) is 41.0 Å². The van der Waals surface area contributed by atoms with Gasteiger partial charge in [-0.3, -0.25) is 9.59 Å². The number of rotatable bonds is 4. The van der Waals surface area contributed by atoms with Crippen molar-refractivity contribution >= 4 is 17.9 Å². The Hall–Kier alpha value is -2.67.